The maximum atomic E-state index is 11.1. The van der Waals surface area contributed by atoms with Crippen LogP contribution in [0.25, 0.3) is 11.2 Å². The number of nitro benzene ring substituents is 1. The number of nitrogens with zero attached hydrogens (tertiary/aromatic N) is 6. The largest absolute Gasteiger partial charge is 0.396 e. The molecule has 0 aliphatic heterocycles. The SMILES string of the molecule is CCCSc1nc(NC2CC2c2cccc([N+](=O)[O-])c2)c2nnn([C@@H]3C[C@H](CO)[C@@H](O)[C@H]3O)c2n1. The Morgan fingerprint density at radius 3 is 2.80 bits per heavy atom. The number of aromatic nitrogens is 5. The minimum absolute atomic E-state index is 0.0296. The van der Waals surface area contributed by atoms with Crippen LogP contribution in [0.2, 0.25) is 0 Å². The molecule has 6 atom stereocenters. The van der Waals surface area contributed by atoms with Crippen molar-refractivity contribution in [3.8, 4) is 0 Å². The first kappa shape index (κ1) is 23.9. The lowest BCUT2D eigenvalue weighted by atomic mass is 10.1. The third-order valence-electron chi connectivity index (χ3n) is 6.68. The summed E-state index contributed by atoms with van der Waals surface area (Å²) in [7, 11) is 0. The minimum Gasteiger partial charge on any atom is -0.396 e. The van der Waals surface area contributed by atoms with Gasteiger partial charge in [0.2, 0.25) is 0 Å². The highest BCUT2D eigenvalue weighted by Crippen LogP contribution is 2.44. The van der Waals surface area contributed by atoms with Gasteiger partial charge in [-0.1, -0.05) is 36.0 Å². The molecular formula is C22H27N7O5S. The number of thioether (sulfide) groups is 1. The normalized spacial score (nSPS) is 27.9. The molecule has 0 radical (unpaired) electrons. The van der Waals surface area contributed by atoms with Crippen molar-refractivity contribution in [3.05, 3.63) is 39.9 Å². The molecule has 13 heteroatoms. The number of nitrogens with one attached hydrogen (secondary N) is 1. The zero-order valence-corrected chi connectivity index (χ0v) is 19.9. The predicted octanol–water partition coefficient (Wildman–Crippen LogP) is 1.87. The standard InChI is InChI=1S/C22H27N7O5S/c1-2-6-35-22-24-20(23-15-9-14(15)11-4-3-5-13(7-11)29(33)34)17-21(25-22)28(27-26-17)16-8-12(10-30)18(31)19(16)32/h3-5,7,12,14-16,18-19,30-32H,2,6,8-10H2,1H3,(H,23,24,25)/t12-,14?,15?,16-,18-,19+/m1/s1. The van der Waals surface area contributed by atoms with Gasteiger partial charge in [-0.05, 0) is 24.8 Å². The maximum absolute atomic E-state index is 11.1. The fourth-order valence-corrected chi connectivity index (χ4v) is 5.38. The monoisotopic (exact) mass is 501 g/mol. The Labute approximate surface area is 204 Å². The average Bonchev–Trinajstić information content (AvgIpc) is 3.41. The van der Waals surface area contributed by atoms with E-state index in [0.717, 1.165) is 24.2 Å². The Hall–Kier alpha value is -2.87. The van der Waals surface area contributed by atoms with Crippen molar-refractivity contribution in [1.82, 2.24) is 25.0 Å². The molecule has 1 aromatic carbocycles. The van der Waals surface area contributed by atoms with Crippen LogP contribution < -0.4 is 5.32 Å². The highest BCUT2D eigenvalue weighted by Gasteiger charge is 2.44. The van der Waals surface area contributed by atoms with E-state index in [9.17, 15) is 25.4 Å². The molecular weight excluding hydrogens is 474 g/mol. The van der Waals surface area contributed by atoms with Crippen LogP contribution in [0.3, 0.4) is 0 Å². The van der Waals surface area contributed by atoms with Crippen LogP contribution in [0.4, 0.5) is 11.5 Å². The highest BCUT2D eigenvalue weighted by molar-refractivity contribution is 7.99. The molecule has 4 N–H and O–H groups in total. The Bertz CT molecular complexity index is 1240. The van der Waals surface area contributed by atoms with E-state index in [1.165, 1.54) is 22.5 Å². The molecule has 2 fully saturated rings. The molecule has 3 aromatic rings. The molecule has 2 aliphatic rings. The summed E-state index contributed by atoms with van der Waals surface area (Å²) in [5.41, 5.74) is 1.86. The first-order valence-corrected chi connectivity index (χ1v) is 12.6. The van der Waals surface area contributed by atoms with Crippen LogP contribution >= 0.6 is 11.8 Å². The van der Waals surface area contributed by atoms with Crippen LogP contribution in [-0.2, 0) is 0 Å². The van der Waals surface area contributed by atoms with E-state index in [2.05, 4.69) is 32.5 Å². The van der Waals surface area contributed by atoms with Crippen molar-refractivity contribution in [1.29, 1.82) is 0 Å². The van der Waals surface area contributed by atoms with Gasteiger partial charge in [0.1, 0.15) is 6.10 Å². The Kier molecular flexibility index (Phi) is 6.57. The Balaban J connectivity index is 1.44. The van der Waals surface area contributed by atoms with E-state index in [1.807, 2.05) is 6.07 Å². The van der Waals surface area contributed by atoms with Gasteiger partial charge < -0.3 is 20.6 Å². The van der Waals surface area contributed by atoms with Crippen molar-refractivity contribution in [2.24, 2.45) is 5.92 Å². The van der Waals surface area contributed by atoms with Gasteiger partial charge in [0.25, 0.3) is 5.69 Å². The van der Waals surface area contributed by atoms with Crippen molar-refractivity contribution < 1.29 is 20.2 Å². The van der Waals surface area contributed by atoms with Crippen LogP contribution in [0.1, 0.15) is 43.7 Å². The van der Waals surface area contributed by atoms with E-state index in [4.69, 9.17) is 0 Å². The van der Waals surface area contributed by atoms with Gasteiger partial charge in [-0.2, -0.15) is 0 Å². The zero-order chi connectivity index (χ0) is 24.7. The van der Waals surface area contributed by atoms with Crippen LogP contribution in [-0.4, -0.2) is 75.8 Å². The predicted molar refractivity (Wildman–Crippen MR) is 128 cm³/mol. The molecule has 0 bridgehead atoms. The smallest absolute Gasteiger partial charge is 0.269 e. The summed E-state index contributed by atoms with van der Waals surface area (Å²) in [6, 6.07) is 6.12. The number of aliphatic hydroxyl groups is 3. The molecule has 186 valence electrons. The average molecular weight is 502 g/mol. The van der Waals surface area contributed by atoms with Gasteiger partial charge in [-0.15, -0.1) is 5.10 Å². The Morgan fingerprint density at radius 2 is 2.09 bits per heavy atom. The molecule has 35 heavy (non-hydrogen) atoms. The summed E-state index contributed by atoms with van der Waals surface area (Å²) >= 11 is 1.50. The molecule has 0 saturated heterocycles. The fraction of sp³-hybridized carbons (Fsp3) is 0.545. The number of aliphatic hydroxyl groups excluding tert-OH is 3. The summed E-state index contributed by atoms with van der Waals surface area (Å²) in [4.78, 5) is 20.0. The molecule has 2 heterocycles. The number of hydrogen-bond donors (Lipinski definition) is 4. The van der Waals surface area contributed by atoms with E-state index in [-0.39, 0.29) is 24.3 Å². The van der Waals surface area contributed by atoms with Crippen molar-refractivity contribution >= 4 is 34.4 Å². The third kappa shape index (κ3) is 4.56. The second-order valence-electron chi connectivity index (χ2n) is 9.08. The zero-order valence-electron chi connectivity index (χ0n) is 19.1. The van der Waals surface area contributed by atoms with E-state index >= 15 is 0 Å². The first-order chi connectivity index (χ1) is 16.9. The van der Waals surface area contributed by atoms with Gasteiger partial charge in [-0.25, -0.2) is 14.6 Å². The number of non-ortho nitro benzene ring substituents is 1. The quantitative estimate of drug-likeness (QED) is 0.146. The molecule has 12 nitrogen and oxygen atoms in total. The summed E-state index contributed by atoms with van der Waals surface area (Å²) in [5, 5.41) is 54.0. The number of nitro groups is 1. The fourth-order valence-electron chi connectivity index (χ4n) is 4.68. The number of hydrogen-bond acceptors (Lipinski definition) is 11. The van der Waals surface area contributed by atoms with E-state index in [0.29, 0.717) is 28.6 Å². The van der Waals surface area contributed by atoms with Gasteiger partial charge in [0, 0.05) is 42.4 Å². The lowest BCUT2D eigenvalue weighted by Gasteiger charge is -2.17. The van der Waals surface area contributed by atoms with Gasteiger partial charge >= 0.3 is 0 Å². The summed E-state index contributed by atoms with van der Waals surface area (Å²) in [6.07, 6.45) is -0.0741. The van der Waals surface area contributed by atoms with Crippen LogP contribution in [0, 0.1) is 16.0 Å². The summed E-state index contributed by atoms with van der Waals surface area (Å²) in [6.45, 7) is 1.83. The molecule has 2 unspecified atom stereocenters. The molecule has 2 saturated carbocycles. The lowest BCUT2D eigenvalue weighted by Crippen LogP contribution is -2.30. The minimum atomic E-state index is -1.10. The number of benzene rings is 1. The number of anilines is 1. The van der Waals surface area contributed by atoms with Gasteiger partial charge in [0.05, 0.1) is 17.1 Å². The topological polar surface area (TPSA) is 172 Å². The number of fused-ring (bicyclic) bond motifs is 1. The van der Waals surface area contributed by atoms with Crippen molar-refractivity contribution in [2.75, 3.05) is 17.7 Å². The maximum Gasteiger partial charge on any atom is 0.269 e. The van der Waals surface area contributed by atoms with E-state index < -0.39 is 29.1 Å². The van der Waals surface area contributed by atoms with Gasteiger partial charge in [-0.3, -0.25) is 10.1 Å². The highest BCUT2D eigenvalue weighted by atomic mass is 32.2. The van der Waals surface area contributed by atoms with Crippen LogP contribution in [0.15, 0.2) is 29.4 Å². The second kappa shape index (κ2) is 9.64. The van der Waals surface area contributed by atoms with Gasteiger partial charge in [0.15, 0.2) is 22.1 Å². The third-order valence-corrected chi connectivity index (χ3v) is 7.73. The summed E-state index contributed by atoms with van der Waals surface area (Å²) in [5.74, 6) is 0.997. The van der Waals surface area contributed by atoms with Crippen molar-refractivity contribution in [3.63, 3.8) is 0 Å². The number of rotatable bonds is 9. The first-order valence-electron chi connectivity index (χ1n) is 11.6. The molecule has 0 spiro atoms. The molecule has 5 rings (SSSR count). The van der Waals surface area contributed by atoms with E-state index in [1.54, 1.807) is 12.1 Å². The molecule has 2 aromatic heterocycles. The second-order valence-corrected chi connectivity index (χ2v) is 10.1. The summed E-state index contributed by atoms with van der Waals surface area (Å²) < 4.78 is 1.52. The molecule has 2 aliphatic carbocycles. The Morgan fingerprint density at radius 1 is 1.26 bits per heavy atom. The molecule has 0 amide bonds. The lowest BCUT2D eigenvalue weighted by molar-refractivity contribution is -0.384. The van der Waals surface area contributed by atoms with Crippen LogP contribution in [0.5, 0.6) is 0 Å². The van der Waals surface area contributed by atoms with Crippen molar-refractivity contribution in [2.45, 2.75) is 61.6 Å².